The number of ether oxygens (including phenoxy) is 1. The van der Waals surface area contributed by atoms with Crippen molar-refractivity contribution in [1.82, 2.24) is 15.0 Å². The molecule has 0 fully saturated rings. The van der Waals surface area contributed by atoms with E-state index in [1.54, 1.807) is 32.1 Å². The molecule has 0 aliphatic carbocycles. The van der Waals surface area contributed by atoms with Crippen molar-refractivity contribution in [3.63, 3.8) is 0 Å². The highest BCUT2D eigenvalue weighted by molar-refractivity contribution is 5.90. The Morgan fingerprint density at radius 2 is 2.17 bits per heavy atom. The Kier molecular flexibility index (Phi) is 7.50. The summed E-state index contributed by atoms with van der Waals surface area (Å²) in [4.78, 5) is 18.4. The number of hydrogen-bond donors (Lipinski definition) is 1. The van der Waals surface area contributed by atoms with Gasteiger partial charge in [-0.05, 0) is 26.0 Å². The number of pyridine rings is 1. The van der Waals surface area contributed by atoms with E-state index in [1.807, 2.05) is 18.2 Å². The fraction of sp³-hybridized carbons (Fsp3) is 0.400. The lowest BCUT2D eigenvalue weighted by Crippen LogP contribution is -2.37. The summed E-state index contributed by atoms with van der Waals surface area (Å²) in [6, 6.07) is 5.37. The average Bonchev–Trinajstić information content (AvgIpc) is 2.84. The molecule has 2 rings (SSSR count). The lowest BCUT2D eigenvalue weighted by Gasteiger charge is -2.22. The Hall–Kier alpha value is -2.12. The SMILES string of the molecule is COCCN(Cc1ccccn1)C(=O)Nc1c(C)noc1C.Cl. The number of halogens is 1. The predicted octanol–water partition coefficient (Wildman–Crippen LogP) is 2.79. The molecule has 8 heteroatoms. The smallest absolute Gasteiger partial charge is 0.322 e. The number of nitrogens with one attached hydrogen (secondary N) is 1. The molecule has 2 aromatic rings. The lowest BCUT2D eigenvalue weighted by molar-refractivity contribution is 0.152. The van der Waals surface area contributed by atoms with Crippen LogP contribution in [0.1, 0.15) is 17.1 Å². The van der Waals surface area contributed by atoms with Gasteiger partial charge >= 0.3 is 6.03 Å². The summed E-state index contributed by atoms with van der Waals surface area (Å²) in [5.74, 6) is 0.579. The molecule has 0 aliphatic heterocycles. The maximum Gasteiger partial charge on any atom is 0.322 e. The number of carbonyl (C=O) groups excluding carboxylic acids is 1. The van der Waals surface area contributed by atoms with Crippen molar-refractivity contribution in [2.24, 2.45) is 0 Å². The van der Waals surface area contributed by atoms with Gasteiger partial charge < -0.3 is 19.5 Å². The maximum absolute atomic E-state index is 12.5. The summed E-state index contributed by atoms with van der Waals surface area (Å²) in [7, 11) is 1.60. The van der Waals surface area contributed by atoms with Gasteiger partial charge in [-0.15, -0.1) is 12.4 Å². The van der Waals surface area contributed by atoms with Gasteiger partial charge in [-0.25, -0.2) is 4.79 Å². The molecule has 0 saturated carbocycles. The molecular formula is C15H21ClN4O3. The summed E-state index contributed by atoms with van der Waals surface area (Å²) in [5, 5.41) is 6.66. The van der Waals surface area contributed by atoms with Crippen molar-refractivity contribution in [2.75, 3.05) is 25.6 Å². The number of carbonyl (C=O) groups is 1. The van der Waals surface area contributed by atoms with Gasteiger partial charge in [-0.1, -0.05) is 11.2 Å². The van der Waals surface area contributed by atoms with Crippen molar-refractivity contribution < 1.29 is 14.1 Å². The zero-order valence-corrected chi connectivity index (χ0v) is 14.2. The van der Waals surface area contributed by atoms with E-state index in [9.17, 15) is 4.79 Å². The number of aryl methyl sites for hydroxylation is 2. The van der Waals surface area contributed by atoms with Gasteiger partial charge in [0.05, 0.1) is 18.8 Å². The normalized spacial score (nSPS) is 10.0. The van der Waals surface area contributed by atoms with E-state index >= 15 is 0 Å². The van der Waals surface area contributed by atoms with Crippen LogP contribution in [0.4, 0.5) is 10.5 Å². The van der Waals surface area contributed by atoms with Crippen LogP contribution in [0.25, 0.3) is 0 Å². The van der Waals surface area contributed by atoms with Crippen molar-refractivity contribution in [1.29, 1.82) is 0 Å². The molecule has 0 aliphatic rings. The van der Waals surface area contributed by atoms with Crippen LogP contribution in [0, 0.1) is 13.8 Å². The first-order chi connectivity index (χ1) is 10.6. The fourth-order valence-corrected chi connectivity index (χ4v) is 1.99. The molecule has 0 atom stereocenters. The van der Waals surface area contributed by atoms with Crippen LogP contribution in [-0.2, 0) is 11.3 Å². The third-order valence-electron chi connectivity index (χ3n) is 3.20. The van der Waals surface area contributed by atoms with Crippen molar-refractivity contribution in [3.05, 3.63) is 41.5 Å². The Morgan fingerprint density at radius 3 is 2.74 bits per heavy atom. The van der Waals surface area contributed by atoms with E-state index in [4.69, 9.17) is 9.26 Å². The van der Waals surface area contributed by atoms with E-state index in [0.29, 0.717) is 36.8 Å². The van der Waals surface area contributed by atoms with Crippen LogP contribution in [0.5, 0.6) is 0 Å². The summed E-state index contributed by atoms with van der Waals surface area (Å²) in [6.07, 6.45) is 1.70. The molecule has 2 amide bonds. The van der Waals surface area contributed by atoms with Crippen molar-refractivity contribution >= 4 is 24.1 Å². The topological polar surface area (TPSA) is 80.5 Å². The largest absolute Gasteiger partial charge is 0.383 e. The molecule has 0 spiro atoms. The zero-order valence-electron chi connectivity index (χ0n) is 13.4. The molecule has 0 radical (unpaired) electrons. The van der Waals surface area contributed by atoms with Gasteiger partial charge in [-0.2, -0.15) is 0 Å². The van der Waals surface area contributed by atoms with Gasteiger partial charge in [0, 0.05) is 19.9 Å². The lowest BCUT2D eigenvalue weighted by atomic mass is 10.3. The van der Waals surface area contributed by atoms with Crippen molar-refractivity contribution in [3.8, 4) is 0 Å². The molecule has 7 nitrogen and oxygen atoms in total. The molecule has 126 valence electrons. The number of aromatic nitrogens is 2. The van der Waals surface area contributed by atoms with E-state index < -0.39 is 0 Å². The highest BCUT2D eigenvalue weighted by atomic mass is 35.5. The second-order valence-corrected chi connectivity index (χ2v) is 4.86. The van der Waals surface area contributed by atoms with E-state index in [2.05, 4.69) is 15.5 Å². The van der Waals surface area contributed by atoms with Gasteiger partial charge in [0.25, 0.3) is 0 Å². The molecule has 2 heterocycles. The molecule has 2 aromatic heterocycles. The summed E-state index contributed by atoms with van der Waals surface area (Å²) in [5.41, 5.74) is 2.07. The fourth-order valence-electron chi connectivity index (χ4n) is 1.99. The first kappa shape index (κ1) is 18.9. The van der Waals surface area contributed by atoms with Crippen LogP contribution < -0.4 is 5.32 Å². The van der Waals surface area contributed by atoms with Gasteiger partial charge in [0.15, 0.2) is 5.76 Å². The molecule has 0 unspecified atom stereocenters. The Bertz CT molecular complexity index is 599. The summed E-state index contributed by atoms with van der Waals surface area (Å²) < 4.78 is 10.1. The number of methoxy groups -OCH3 is 1. The maximum atomic E-state index is 12.5. The molecule has 0 bridgehead atoms. The van der Waals surface area contributed by atoms with E-state index in [0.717, 1.165) is 5.69 Å². The van der Waals surface area contributed by atoms with E-state index in [-0.39, 0.29) is 18.4 Å². The van der Waals surface area contributed by atoms with Gasteiger partial charge in [0.2, 0.25) is 0 Å². The summed E-state index contributed by atoms with van der Waals surface area (Å²) in [6.45, 7) is 4.85. The minimum atomic E-state index is -0.239. The highest BCUT2D eigenvalue weighted by Gasteiger charge is 2.18. The quantitative estimate of drug-likeness (QED) is 0.874. The third-order valence-corrected chi connectivity index (χ3v) is 3.20. The first-order valence-corrected chi connectivity index (χ1v) is 6.99. The number of hydrogen-bond acceptors (Lipinski definition) is 5. The minimum Gasteiger partial charge on any atom is -0.383 e. The number of nitrogens with zero attached hydrogens (tertiary/aromatic N) is 3. The van der Waals surface area contributed by atoms with Gasteiger partial charge in [-0.3, -0.25) is 4.98 Å². The van der Waals surface area contributed by atoms with Gasteiger partial charge in [0.1, 0.15) is 11.4 Å². The Balaban J connectivity index is 0.00000264. The third kappa shape index (κ3) is 5.22. The molecule has 1 N–H and O–H groups in total. The predicted molar refractivity (Wildman–Crippen MR) is 88.8 cm³/mol. The van der Waals surface area contributed by atoms with Crippen LogP contribution in [0.2, 0.25) is 0 Å². The number of rotatable bonds is 6. The monoisotopic (exact) mass is 340 g/mol. The summed E-state index contributed by atoms with van der Waals surface area (Å²) >= 11 is 0. The zero-order chi connectivity index (χ0) is 15.9. The standard InChI is InChI=1S/C15H20N4O3.ClH/c1-11-14(12(2)22-18-11)17-15(20)19(8-9-21-3)10-13-6-4-5-7-16-13;/h4-7H,8-10H2,1-3H3,(H,17,20);1H. The molecule has 0 aromatic carbocycles. The highest BCUT2D eigenvalue weighted by Crippen LogP contribution is 2.19. The number of anilines is 1. The Morgan fingerprint density at radius 1 is 1.39 bits per heavy atom. The number of amides is 2. The van der Waals surface area contributed by atoms with Crippen LogP contribution in [-0.4, -0.2) is 41.3 Å². The molecule has 0 saturated heterocycles. The van der Waals surface area contributed by atoms with Crippen LogP contribution in [0.15, 0.2) is 28.9 Å². The van der Waals surface area contributed by atoms with Crippen LogP contribution >= 0.6 is 12.4 Å². The second-order valence-electron chi connectivity index (χ2n) is 4.86. The van der Waals surface area contributed by atoms with Crippen molar-refractivity contribution in [2.45, 2.75) is 20.4 Å². The molecular weight excluding hydrogens is 320 g/mol. The average molecular weight is 341 g/mol. The number of urea groups is 1. The first-order valence-electron chi connectivity index (χ1n) is 6.99. The van der Waals surface area contributed by atoms with Crippen LogP contribution in [0.3, 0.4) is 0 Å². The molecule has 23 heavy (non-hydrogen) atoms. The Labute approximate surface area is 141 Å². The minimum absolute atomic E-state index is 0. The van der Waals surface area contributed by atoms with E-state index in [1.165, 1.54) is 0 Å². The second kappa shape index (κ2) is 9.12.